The molecule has 0 aliphatic carbocycles. The fraction of sp³-hybridized carbons (Fsp3) is 0.556. The van der Waals surface area contributed by atoms with Crippen LogP contribution in [0, 0.1) is 5.92 Å². The third-order valence-electron chi connectivity index (χ3n) is 1.57. The van der Waals surface area contributed by atoms with Gasteiger partial charge in [0.15, 0.2) is 0 Å². The molecule has 0 N–H and O–H groups in total. The third-order valence-corrected chi connectivity index (χ3v) is 1.57. The molecular weight excluding hydrogens is 124 g/mol. The molecule has 10 heavy (non-hydrogen) atoms. The maximum absolute atomic E-state index is 10.9. The topological polar surface area (TPSA) is 19.9 Å². The minimum Gasteiger partial charge on any atom is -0.233 e. The smallest absolute Gasteiger partial charge is 0.0964 e. The Morgan fingerprint density at radius 3 is 2.50 bits per heavy atom. The summed E-state index contributed by atoms with van der Waals surface area (Å²) in [5.41, 5.74) is 0. The Balaban J connectivity index is 3.82. The van der Waals surface area contributed by atoms with Gasteiger partial charge in [-0.05, 0) is 13.3 Å². The monoisotopic (exact) mass is 139 g/mol. The van der Waals surface area contributed by atoms with Crippen LogP contribution >= 0.6 is 0 Å². The highest BCUT2D eigenvalue weighted by Gasteiger charge is 2.08. The van der Waals surface area contributed by atoms with Crippen molar-refractivity contribution in [1.29, 1.82) is 0 Å². The van der Waals surface area contributed by atoms with Gasteiger partial charge >= 0.3 is 0 Å². The van der Waals surface area contributed by atoms with Gasteiger partial charge in [-0.3, -0.25) is 0 Å². The average Bonchev–Trinajstić information content (AvgIpc) is 1.89. The first-order valence-corrected chi connectivity index (χ1v) is 3.67. The van der Waals surface area contributed by atoms with Gasteiger partial charge in [0.1, 0.15) is 0 Å². The number of rotatable bonds is 4. The molecule has 0 saturated heterocycles. The number of hydrogen-bond donors (Lipinski definition) is 0. The van der Waals surface area contributed by atoms with E-state index in [0.717, 1.165) is 6.42 Å². The predicted molar refractivity (Wildman–Crippen MR) is 43.3 cm³/mol. The molecule has 0 aromatic rings. The van der Waals surface area contributed by atoms with Gasteiger partial charge in [-0.1, -0.05) is 31.7 Å². The number of allylic oxidation sites excluding steroid dienone is 2. The van der Waals surface area contributed by atoms with Gasteiger partial charge in [0, 0.05) is 5.92 Å². The molecule has 57 valence electrons. The Morgan fingerprint density at radius 2 is 2.20 bits per heavy atom. The van der Waals surface area contributed by atoms with Gasteiger partial charge in [0.05, 0.1) is 6.10 Å². The molecule has 0 unspecified atom stereocenters. The maximum Gasteiger partial charge on any atom is 0.0964 e. The third kappa shape index (κ3) is 3.46. The summed E-state index contributed by atoms with van der Waals surface area (Å²) >= 11 is 0. The minimum atomic E-state index is -0.499. The SMILES string of the molecule is C=C/C=C/[C@@H](CC)[C@H](C)[O]. The Labute approximate surface area is 63.1 Å². The molecule has 2 atom stereocenters. The van der Waals surface area contributed by atoms with Crippen LogP contribution in [0.25, 0.3) is 0 Å². The zero-order valence-electron chi connectivity index (χ0n) is 6.71. The van der Waals surface area contributed by atoms with Gasteiger partial charge in [0.25, 0.3) is 0 Å². The van der Waals surface area contributed by atoms with E-state index < -0.39 is 6.10 Å². The summed E-state index contributed by atoms with van der Waals surface area (Å²) < 4.78 is 0. The predicted octanol–water partition coefficient (Wildman–Crippen LogP) is 2.57. The molecule has 0 heterocycles. The second-order valence-electron chi connectivity index (χ2n) is 2.40. The average molecular weight is 139 g/mol. The van der Waals surface area contributed by atoms with Crippen LogP contribution < -0.4 is 0 Å². The zero-order chi connectivity index (χ0) is 7.98. The van der Waals surface area contributed by atoms with Crippen molar-refractivity contribution in [3.05, 3.63) is 24.8 Å². The lowest BCUT2D eigenvalue weighted by atomic mass is 10.0. The normalized spacial score (nSPS) is 17.1. The van der Waals surface area contributed by atoms with Gasteiger partial charge < -0.3 is 0 Å². The first-order chi connectivity index (χ1) is 4.72. The molecule has 1 radical (unpaired) electrons. The summed E-state index contributed by atoms with van der Waals surface area (Å²) in [7, 11) is 0. The van der Waals surface area contributed by atoms with Crippen molar-refractivity contribution >= 4 is 0 Å². The van der Waals surface area contributed by atoms with Crippen LogP contribution in [0.4, 0.5) is 0 Å². The molecule has 1 nitrogen and oxygen atoms in total. The van der Waals surface area contributed by atoms with Crippen LogP contribution in [0.5, 0.6) is 0 Å². The van der Waals surface area contributed by atoms with Crippen molar-refractivity contribution in [3.63, 3.8) is 0 Å². The maximum atomic E-state index is 10.9. The van der Waals surface area contributed by atoms with Crippen molar-refractivity contribution in [2.75, 3.05) is 0 Å². The van der Waals surface area contributed by atoms with Crippen LogP contribution in [-0.2, 0) is 5.11 Å². The zero-order valence-corrected chi connectivity index (χ0v) is 6.71. The summed E-state index contributed by atoms with van der Waals surface area (Å²) in [5.74, 6) is 0.165. The molecular formula is C9H15O. The molecule has 0 fully saturated rings. The van der Waals surface area contributed by atoms with E-state index in [1.807, 2.05) is 19.1 Å². The fourth-order valence-electron chi connectivity index (χ4n) is 0.846. The van der Waals surface area contributed by atoms with Crippen molar-refractivity contribution in [1.82, 2.24) is 0 Å². The largest absolute Gasteiger partial charge is 0.233 e. The van der Waals surface area contributed by atoms with E-state index in [1.165, 1.54) is 0 Å². The highest BCUT2D eigenvalue weighted by Crippen LogP contribution is 2.10. The van der Waals surface area contributed by atoms with Crippen LogP contribution in [-0.4, -0.2) is 6.10 Å². The summed E-state index contributed by atoms with van der Waals surface area (Å²) in [6.07, 6.45) is 5.87. The summed E-state index contributed by atoms with van der Waals surface area (Å²) in [5, 5.41) is 10.9. The van der Waals surface area contributed by atoms with E-state index in [4.69, 9.17) is 0 Å². The van der Waals surface area contributed by atoms with E-state index in [0.29, 0.717) is 0 Å². The minimum absolute atomic E-state index is 0.165. The number of hydrogen-bond acceptors (Lipinski definition) is 0. The molecule has 0 rings (SSSR count). The molecule has 0 aliphatic rings. The lowest BCUT2D eigenvalue weighted by Gasteiger charge is -2.09. The highest BCUT2D eigenvalue weighted by atomic mass is 16.3. The highest BCUT2D eigenvalue weighted by molar-refractivity contribution is 5.00. The first kappa shape index (κ1) is 9.44. The van der Waals surface area contributed by atoms with Crippen LogP contribution in [0.1, 0.15) is 20.3 Å². The van der Waals surface area contributed by atoms with E-state index in [2.05, 4.69) is 6.58 Å². The quantitative estimate of drug-likeness (QED) is 0.533. The van der Waals surface area contributed by atoms with E-state index in [-0.39, 0.29) is 5.92 Å². The summed E-state index contributed by atoms with van der Waals surface area (Å²) in [6, 6.07) is 0. The van der Waals surface area contributed by atoms with Crippen LogP contribution in [0.15, 0.2) is 24.8 Å². The Kier molecular flexibility index (Phi) is 4.95. The standard InChI is InChI=1S/C9H15O/c1-4-6-7-9(5-2)8(3)10/h4,6-9H,1,5H2,2-3H3/b7-6+/t8-,9+/m0/s1. The van der Waals surface area contributed by atoms with Gasteiger partial charge in [-0.15, -0.1) is 0 Å². The van der Waals surface area contributed by atoms with E-state index >= 15 is 0 Å². The summed E-state index contributed by atoms with van der Waals surface area (Å²) in [4.78, 5) is 0. The molecule has 0 aromatic carbocycles. The van der Waals surface area contributed by atoms with Gasteiger partial charge in [-0.25, -0.2) is 5.11 Å². The Morgan fingerprint density at radius 1 is 1.60 bits per heavy atom. The Bertz CT molecular complexity index is 114. The van der Waals surface area contributed by atoms with E-state index in [9.17, 15) is 5.11 Å². The molecule has 0 spiro atoms. The van der Waals surface area contributed by atoms with Crippen molar-refractivity contribution in [3.8, 4) is 0 Å². The lowest BCUT2D eigenvalue weighted by Crippen LogP contribution is -2.11. The van der Waals surface area contributed by atoms with Crippen LogP contribution in [0.3, 0.4) is 0 Å². The lowest BCUT2D eigenvalue weighted by molar-refractivity contribution is 0.0682. The van der Waals surface area contributed by atoms with E-state index in [1.54, 1.807) is 13.0 Å². The molecule has 1 heteroatoms. The fourth-order valence-corrected chi connectivity index (χ4v) is 0.846. The molecule has 0 aromatic heterocycles. The van der Waals surface area contributed by atoms with Gasteiger partial charge in [-0.2, -0.15) is 0 Å². The molecule has 0 amide bonds. The van der Waals surface area contributed by atoms with Crippen LogP contribution in [0.2, 0.25) is 0 Å². The molecule has 0 saturated carbocycles. The molecule has 0 bridgehead atoms. The van der Waals surface area contributed by atoms with Crippen molar-refractivity contribution < 1.29 is 5.11 Å². The second-order valence-corrected chi connectivity index (χ2v) is 2.40. The molecule has 0 aliphatic heterocycles. The first-order valence-electron chi connectivity index (χ1n) is 3.67. The second kappa shape index (κ2) is 5.24. The Hall–Kier alpha value is -0.560. The van der Waals surface area contributed by atoms with Gasteiger partial charge in [0.2, 0.25) is 0 Å². The summed E-state index contributed by atoms with van der Waals surface area (Å²) in [6.45, 7) is 7.25. The van der Waals surface area contributed by atoms with Crippen molar-refractivity contribution in [2.45, 2.75) is 26.4 Å². The van der Waals surface area contributed by atoms with Crippen molar-refractivity contribution in [2.24, 2.45) is 5.92 Å².